The molecule has 0 bridgehead atoms. The van der Waals surface area contributed by atoms with Gasteiger partial charge in [0.05, 0.1) is 25.5 Å². The number of hydrogen-bond acceptors (Lipinski definition) is 5. The van der Waals surface area contributed by atoms with Crippen LogP contribution in [-0.4, -0.2) is 81.9 Å². The molecule has 122 valence electrons. The second kappa shape index (κ2) is 7.04. The topological polar surface area (TPSA) is 79.0 Å². The van der Waals surface area contributed by atoms with Gasteiger partial charge < -0.3 is 9.64 Å². The molecule has 0 spiro atoms. The highest BCUT2D eigenvalue weighted by Gasteiger charge is 2.30. The Bertz CT molecular complexity index is 454. The molecule has 1 N–H and O–H groups in total. The van der Waals surface area contributed by atoms with Gasteiger partial charge in [-0.1, -0.05) is 0 Å². The molecule has 7 nitrogen and oxygen atoms in total. The number of morpholine rings is 1. The summed E-state index contributed by atoms with van der Waals surface area (Å²) in [6.45, 7) is 5.96. The highest BCUT2D eigenvalue weighted by Crippen LogP contribution is 2.15. The van der Waals surface area contributed by atoms with Crippen LogP contribution in [0.4, 0.5) is 0 Å². The Morgan fingerprint density at radius 3 is 2.29 bits per heavy atom. The van der Waals surface area contributed by atoms with Gasteiger partial charge in [0.15, 0.2) is 0 Å². The Balaban J connectivity index is 1.82. The summed E-state index contributed by atoms with van der Waals surface area (Å²) in [5.74, 6) is 0.146. The zero-order chi connectivity index (χ0) is 15.5. The minimum atomic E-state index is -3.15. The van der Waals surface area contributed by atoms with E-state index in [0.29, 0.717) is 26.3 Å². The number of amides is 1. The van der Waals surface area contributed by atoms with Crippen LogP contribution in [0.3, 0.4) is 0 Å². The van der Waals surface area contributed by atoms with Gasteiger partial charge in [-0.25, -0.2) is 13.1 Å². The van der Waals surface area contributed by atoms with E-state index in [1.54, 1.807) is 0 Å². The molecule has 2 aliphatic rings. The van der Waals surface area contributed by atoms with Crippen LogP contribution in [0.1, 0.15) is 19.8 Å². The highest BCUT2D eigenvalue weighted by atomic mass is 32.2. The van der Waals surface area contributed by atoms with E-state index in [1.165, 1.54) is 6.26 Å². The molecule has 2 rings (SSSR count). The van der Waals surface area contributed by atoms with Crippen LogP contribution < -0.4 is 4.72 Å². The summed E-state index contributed by atoms with van der Waals surface area (Å²) < 4.78 is 30.4. The van der Waals surface area contributed by atoms with Gasteiger partial charge in [-0.05, 0) is 19.8 Å². The van der Waals surface area contributed by atoms with E-state index in [-0.39, 0.29) is 18.0 Å². The summed E-state index contributed by atoms with van der Waals surface area (Å²) >= 11 is 0. The lowest BCUT2D eigenvalue weighted by Gasteiger charge is -2.38. The first-order valence-electron chi connectivity index (χ1n) is 7.45. The molecule has 0 aliphatic carbocycles. The first kappa shape index (κ1) is 16.7. The molecule has 2 aliphatic heterocycles. The van der Waals surface area contributed by atoms with Gasteiger partial charge in [-0.3, -0.25) is 9.69 Å². The molecule has 2 heterocycles. The fourth-order valence-electron chi connectivity index (χ4n) is 2.91. The Morgan fingerprint density at radius 1 is 1.19 bits per heavy atom. The Hall–Kier alpha value is -0.700. The first-order valence-corrected chi connectivity index (χ1v) is 9.34. The number of carbonyl (C=O) groups is 1. The third-order valence-electron chi connectivity index (χ3n) is 4.14. The molecule has 0 aromatic heterocycles. The number of likely N-dealkylation sites (tertiary alicyclic amines) is 1. The second-order valence-electron chi connectivity index (χ2n) is 5.81. The van der Waals surface area contributed by atoms with Crippen LogP contribution in [0.5, 0.6) is 0 Å². The molecule has 1 unspecified atom stereocenters. The van der Waals surface area contributed by atoms with Gasteiger partial charge in [0, 0.05) is 32.2 Å². The van der Waals surface area contributed by atoms with Crippen molar-refractivity contribution in [3.8, 4) is 0 Å². The average Bonchev–Trinajstić information content (AvgIpc) is 2.46. The lowest BCUT2D eigenvalue weighted by atomic mass is 10.0. The smallest absolute Gasteiger partial charge is 0.239 e. The van der Waals surface area contributed by atoms with E-state index < -0.39 is 10.0 Å². The van der Waals surface area contributed by atoms with E-state index in [0.717, 1.165) is 25.9 Å². The van der Waals surface area contributed by atoms with Crippen molar-refractivity contribution < 1.29 is 17.9 Å². The highest BCUT2D eigenvalue weighted by molar-refractivity contribution is 7.88. The molecule has 0 aromatic rings. The standard InChI is InChI=1S/C13H25N3O4S/c1-11(13(17)16-7-9-20-10-8-16)15-5-3-12(4-6-15)14-21(2,18)19/h11-12,14H,3-10H2,1-2H3. The predicted molar refractivity (Wildman–Crippen MR) is 79.4 cm³/mol. The van der Waals surface area contributed by atoms with Crippen molar-refractivity contribution in [3.05, 3.63) is 0 Å². The minimum absolute atomic E-state index is 0.0121. The molecule has 2 saturated heterocycles. The van der Waals surface area contributed by atoms with Gasteiger partial charge in [-0.15, -0.1) is 0 Å². The third kappa shape index (κ3) is 4.91. The number of hydrogen-bond donors (Lipinski definition) is 1. The summed E-state index contributed by atoms with van der Waals surface area (Å²) in [6.07, 6.45) is 2.67. The number of nitrogens with zero attached hydrogens (tertiary/aromatic N) is 2. The number of carbonyl (C=O) groups excluding carboxylic acids is 1. The van der Waals surface area contributed by atoms with Crippen LogP contribution in [0, 0.1) is 0 Å². The SMILES string of the molecule is CC(C(=O)N1CCOCC1)N1CCC(NS(C)(=O)=O)CC1. The van der Waals surface area contributed by atoms with E-state index in [4.69, 9.17) is 4.74 Å². The molecule has 0 aromatic carbocycles. The Morgan fingerprint density at radius 2 is 1.76 bits per heavy atom. The molecule has 1 amide bonds. The van der Waals surface area contributed by atoms with Crippen LogP contribution in [-0.2, 0) is 19.6 Å². The fourth-order valence-corrected chi connectivity index (χ4v) is 3.75. The molecular formula is C13H25N3O4S. The minimum Gasteiger partial charge on any atom is -0.378 e. The summed E-state index contributed by atoms with van der Waals surface area (Å²) in [5.41, 5.74) is 0. The Labute approximate surface area is 126 Å². The third-order valence-corrected chi connectivity index (χ3v) is 4.90. The van der Waals surface area contributed by atoms with Crippen molar-refractivity contribution in [2.75, 3.05) is 45.6 Å². The van der Waals surface area contributed by atoms with E-state index in [1.807, 2.05) is 11.8 Å². The summed E-state index contributed by atoms with van der Waals surface area (Å²) in [5, 5.41) is 0. The normalized spacial score (nSPS) is 24.0. The predicted octanol–water partition coefficient (Wildman–Crippen LogP) is -0.753. The lowest BCUT2D eigenvalue weighted by Crippen LogP contribution is -2.54. The van der Waals surface area contributed by atoms with Gasteiger partial charge in [0.1, 0.15) is 0 Å². The zero-order valence-electron chi connectivity index (χ0n) is 12.7. The number of rotatable bonds is 4. The molecule has 1 atom stereocenters. The summed E-state index contributed by atoms with van der Waals surface area (Å²) in [6, 6.07) is -0.163. The molecule has 0 saturated carbocycles. The maximum atomic E-state index is 12.4. The van der Waals surface area contributed by atoms with Gasteiger partial charge >= 0.3 is 0 Å². The average molecular weight is 319 g/mol. The van der Waals surface area contributed by atoms with E-state index in [2.05, 4.69) is 9.62 Å². The Kier molecular flexibility index (Phi) is 5.59. The van der Waals surface area contributed by atoms with Crippen molar-refractivity contribution in [1.29, 1.82) is 0 Å². The molecule has 21 heavy (non-hydrogen) atoms. The van der Waals surface area contributed by atoms with Gasteiger partial charge in [0.25, 0.3) is 0 Å². The largest absolute Gasteiger partial charge is 0.378 e. The van der Waals surface area contributed by atoms with Crippen molar-refractivity contribution in [3.63, 3.8) is 0 Å². The summed E-state index contributed by atoms with van der Waals surface area (Å²) in [4.78, 5) is 16.4. The van der Waals surface area contributed by atoms with Crippen LogP contribution in [0.15, 0.2) is 0 Å². The van der Waals surface area contributed by atoms with Crippen molar-refractivity contribution in [1.82, 2.24) is 14.5 Å². The lowest BCUT2D eigenvalue weighted by molar-refractivity contribution is -0.141. The number of ether oxygens (including phenoxy) is 1. The van der Waals surface area contributed by atoms with Crippen LogP contribution >= 0.6 is 0 Å². The molecule has 8 heteroatoms. The number of nitrogens with one attached hydrogen (secondary N) is 1. The van der Waals surface area contributed by atoms with Crippen LogP contribution in [0.2, 0.25) is 0 Å². The summed E-state index contributed by atoms with van der Waals surface area (Å²) in [7, 11) is -3.15. The zero-order valence-corrected chi connectivity index (χ0v) is 13.6. The molecular weight excluding hydrogens is 294 g/mol. The first-order chi connectivity index (χ1) is 9.87. The van der Waals surface area contributed by atoms with Crippen molar-refractivity contribution in [2.24, 2.45) is 0 Å². The van der Waals surface area contributed by atoms with Crippen LogP contribution in [0.25, 0.3) is 0 Å². The number of sulfonamides is 1. The molecule has 2 fully saturated rings. The molecule has 0 radical (unpaired) electrons. The number of piperidine rings is 1. The maximum absolute atomic E-state index is 12.4. The van der Waals surface area contributed by atoms with Crippen molar-refractivity contribution in [2.45, 2.75) is 31.8 Å². The van der Waals surface area contributed by atoms with Gasteiger partial charge in [0.2, 0.25) is 15.9 Å². The monoisotopic (exact) mass is 319 g/mol. The quantitative estimate of drug-likeness (QED) is 0.737. The second-order valence-corrected chi connectivity index (χ2v) is 7.59. The fraction of sp³-hybridized carbons (Fsp3) is 0.923. The van der Waals surface area contributed by atoms with Crippen molar-refractivity contribution >= 4 is 15.9 Å². The van der Waals surface area contributed by atoms with E-state index >= 15 is 0 Å². The van der Waals surface area contributed by atoms with E-state index in [9.17, 15) is 13.2 Å². The maximum Gasteiger partial charge on any atom is 0.239 e. The van der Waals surface area contributed by atoms with Gasteiger partial charge in [-0.2, -0.15) is 0 Å².